The number of imidazole rings is 1. The summed E-state index contributed by atoms with van der Waals surface area (Å²) in [6, 6.07) is 0. The topological polar surface area (TPSA) is 110 Å². The van der Waals surface area contributed by atoms with Crippen LogP contribution in [0.15, 0.2) is 10.9 Å². The Morgan fingerprint density at radius 1 is 1.39 bits per heavy atom. The maximum absolute atomic E-state index is 6.00. The van der Waals surface area contributed by atoms with Crippen LogP contribution in [0.1, 0.15) is 35.2 Å². The Morgan fingerprint density at radius 3 is 3.04 bits per heavy atom. The zero-order chi connectivity index (χ0) is 16.0. The van der Waals surface area contributed by atoms with E-state index in [0.29, 0.717) is 17.0 Å². The molecule has 1 saturated heterocycles. The number of rotatable bonds is 3. The second-order valence-electron chi connectivity index (χ2n) is 6.09. The van der Waals surface area contributed by atoms with Crippen molar-refractivity contribution in [1.82, 2.24) is 30.0 Å². The second-order valence-corrected chi connectivity index (χ2v) is 6.09. The zero-order valence-electron chi connectivity index (χ0n) is 13.2. The lowest BCUT2D eigenvalue weighted by atomic mass is 10.1. The van der Waals surface area contributed by atoms with Gasteiger partial charge in [-0.25, -0.2) is 15.0 Å². The van der Waals surface area contributed by atoms with Crippen LogP contribution in [0.2, 0.25) is 0 Å². The van der Waals surface area contributed by atoms with E-state index in [1.165, 1.54) is 5.56 Å². The molecule has 3 N–H and O–H groups in total. The number of aryl methyl sites for hydroxylation is 2. The smallest absolute Gasteiger partial charge is 0.183 e. The largest absolute Gasteiger partial charge is 0.382 e. The molecule has 23 heavy (non-hydrogen) atoms. The Labute approximate surface area is 133 Å². The molecule has 0 radical (unpaired) electrons. The summed E-state index contributed by atoms with van der Waals surface area (Å²) < 4.78 is 5.24. The first kappa shape index (κ1) is 14.1. The third-order valence-corrected chi connectivity index (χ3v) is 4.53. The summed E-state index contributed by atoms with van der Waals surface area (Å²) in [6.07, 6.45) is 2.61. The van der Waals surface area contributed by atoms with Crippen molar-refractivity contribution in [3.63, 3.8) is 0 Å². The third kappa shape index (κ3) is 2.44. The Balaban J connectivity index is 1.53. The van der Waals surface area contributed by atoms with E-state index in [1.807, 2.05) is 13.8 Å². The number of nitrogens with two attached hydrogens (primary N) is 1. The molecule has 0 aliphatic carbocycles. The molecule has 0 spiro atoms. The van der Waals surface area contributed by atoms with Gasteiger partial charge in [-0.2, -0.15) is 0 Å². The third-order valence-electron chi connectivity index (χ3n) is 4.53. The molecule has 3 aromatic rings. The summed E-state index contributed by atoms with van der Waals surface area (Å²) >= 11 is 0. The first-order valence-electron chi connectivity index (χ1n) is 7.72. The monoisotopic (exact) mass is 313 g/mol. The van der Waals surface area contributed by atoms with E-state index in [0.717, 1.165) is 43.3 Å². The minimum Gasteiger partial charge on any atom is -0.382 e. The van der Waals surface area contributed by atoms with Crippen LogP contribution < -0.4 is 5.73 Å². The van der Waals surface area contributed by atoms with Gasteiger partial charge in [-0.05, 0) is 26.8 Å². The van der Waals surface area contributed by atoms with Crippen LogP contribution in [0.25, 0.3) is 11.2 Å². The molecular weight excluding hydrogens is 294 g/mol. The van der Waals surface area contributed by atoms with Crippen molar-refractivity contribution in [2.24, 2.45) is 0 Å². The molecule has 4 heterocycles. The molecule has 0 saturated carbocycles. The number of fused-ring (bicyclic) bond motifs is 1. The predicted octanol–water partition coefficient (Wildman–Crippen LogP) is 1.53. The number of likely N-dealkylation sites (tertiary alicyclic amines) is 1. The van der Waals surface area contributed by atoms with Crippen LogP contribution in [-0.4, -0.2) is 43.1 Å². The second kappa shape index (κ2) is 5.31. The fourth-order valence-corrected chi connectivity index (χ4v) is 3.19. The van der Waals surface area contributed by atoms with Gasteiger partial charge in [0.05, 0.1) is 12.0 Å². The Hall–Kier alpha value is -2.48. The van der Waals surface area contributed by atoms with Gasteiger partial charge in [0.1, 0.15) is 17.1 Å². The average molecular weight is 313 g/mol. The van der Waals surface area contributed by atoms with Crippen molar-refractivity contribution >= 4 is 17.0 Å². The van der Waals surface area contributed by atoms with Gasteiger partial charge in [0, 0.05) is 24.6 Å². The Bertz CT molecular complexity index is 833. The number of aromatic amines is 1. The maximum atomic E-state index is 6.00. The minimum atomic E-state index is 0.277. The van der Waals surface area contributed by atoms with Crippen LogP contribution in [0, 0.1) is 13.8 Å². The van der Waals surface area contributed by atoms with Gasteiger partial charge < -0.3 is 15.2 Å². The van der Waals surface area contributed by atoms with Gasteiger partial charge in [-0.1, -0.05) is 5.16 Å². The van der Waals surface area contributed by atoms with E-state index in [1.54, 1.807) is 6.33 Å². The highest BCUT2D eigenvalue weighted by molar-refractivity contribution is 5.80. The highest BCUT2D eigenvalue weighted by Gasteiger charge is 2.28. The summed E-state index contributed by atoms with van der Waals surface area (Å²) in [6.45, 7) is 6.68. The number of H-pyrrole nitrogens is 1. The van der Waals surface area contributed by atoms with Crippen LogP contribution in [0.3, 0.4) is 0 Å². The molecule has 1 fully saturated rings. The number of hydrogen-bond donors (Lipinski definition) is 2. The van der Waals surface area contributed by atoms with Crippen molar-refractivity contribution in [2.75, 3.05) is 18.8 Å². The summed E-state index contributed by atoms with van der Waals surface area (Å²) in [5.41, 5.74) is 9.48. The van der Waals surface area contributed by atoms with E-state index in [2.05, 4.69) is 30.0 Å². The van der Waals surface area contributed by atoms with Gasteiger partial charge in [-0.15, -0.1) is 0 Å². The van der Waals surface area contributed by atoms with E-state index in [9.17, 15) is 0 Å². The Kier molecular flexibility index (Phi) is 3.26. The summed E-state index contributed by atoms with van der Waals surface area (Å²) in [5.74, 6) is 2.42. The van der Waals surface area contributed by atoms with Gasteiger partial charge in [0.2, 0.25) is 0 Å². The molecule has 0 bridgehead atoms. The van der Waals surface area contributed by atoms with E-state index < -0.39 is 0 Å². The average Bonchev–Trinajstić information content (AvgIpc) is 3.24. The van der Waals surface area contributed by atoms with Crippen molar-refractivity contribution in [2.45, 2.75) is 32.7 Å². The standard InChI is InChI=1S/C15H19N7O/c1-8-11(9(2)23-21-8)6-22-4-3-10(5-22)14-19-13(16)12-15(20-14)18-7-17-12/h7,10H,3-6H2,1-2H3,(H3,16,17,18,19,20). The summed E-state index contributed by atoms with van der Waals surface area (Å²) in [4.78, 5) is 18.6. The SMILES string of the molecule is Cc1noc(C)c1CN1CCC(c2nc(N)c3[nH]cnc3n2)C1. The van der Waals surface area contributed by atoms with Crippen LogP contribution >= 0.6 is 0 Å². The molecule has 1 aliphatic heterocycles. The highest BCUT2D eigenvalue weighted by atomic mass is 16.5. The summed E-state index contributed by atoms with van der Waals surface area (Å²) in [5, 5.41) is 4.02. The van der Waals surface area contributed by atoms with E-state index in [4.69, 9.17) is 10.3 Å². The van der Waals surface area contributed by atoms with Crippen molar-refractivity contribution < 1.29 is 4.52 Å². The Morgan fingerprint density at radius 2 is 2.26 bits per heavy atom. The zero-order valence-corrected chi connectivity index (χ0v) is 13.2. The van der Waals surface area contributed by atoms with Gasteiger partial charge in [-0.3, -0.25) is 4.90 Å². The molecule has 4 rings (SSSR count). The molecule has 3 aromatic heterocycles. The molecule has 8 nitrogen and oxygen atoms in total. The minimum absolute atomic E-state index is 0.277. The van der Waals surface area contributed by atoms with Gasteiger partial charge in [0.25, 0.3) is 0 Å². The normalized spacial score (nSPS) is 19.0. The van der Waals surface area contributed by atoms with Crippen LogP contribution in [0.5, 0.6) is 0 Å². The lowest BCUT2D eigenvalue weighted by molar-refractivity contribution is 0.321. The lowest BCUT2D eigenvalue weighted by Gasteiger charge is -2.15. The number of hydrogen-bond acceptors (Lipinski definition) is 7. The maximum Gasteiger partial charge on any atom is 0.183 e. The van der Waals surface area contributed by atoms with Gasteiger partial charge in [0.15, 0.2) is 11.5 Å². The van der Waals surface area contributed by atoms with Crippen molar-refractivity contribution in [3.05, 3.63) is 29.2 Å². The molecule has 0 aromatic carbocycles. The van der Waals surface area contributed by atoms with E-state index in [-0.39, 0.29) is 5.92 Å². The number of nitrogens with one attached hydrogen (secondary N) is 1. The molecule has 120 valence electrons. The van der Waals surface area contributed by atoms with E-state index >= 15 is 0 Å². The van der Waals surface area contributed by atoms with Crippen LogP contribution in [-0.2, 0) is 6.54 Å². The first-order valence-corrected chi connectivity index (χ1v) is 7.72. The fourth-order valence-electron chi connectivity index (χ4n) is 3.19. The quantitative estimate of drug-likeness (QED) is 0.754. The molecule has 0 amide bonds. The van der Waals surface area contributed by atoms with Crippen LogP contribution in [0.4, 0.5) is 5.82 Å². The highest BCUT2D eigenvalue weighted by Crippen LogP contribution is 2.28. The summed E-state index contributed by atoms with van der Waals surface area (Å²) in [7, 11) is 0. The number of aromatic nitrogens is 5. The molecule has 1 aliphatic rings. The van der Waals surface area contributed by atoms with Crippen molar-refractivity contribution in [1.29, 1.82) is 0 Å². The molecular formula is C15H19N7O. The lowest BCUT2D eigenvalue weighted by Crippen LogP contribution is -2.21. The van der Waals surface area contributed by atoms with Crippen molar-refractivity contribution in [3.8, 4) is 0 Å². The number of anilines is 1. The molecule has 1 atom stereocenters. The first-order chi connectivity index (χ1) is 11.1. The number of nitrogens with zero attached hydrogens (tertiary/aromatic N) is 5. The fraction of sp³-hybridized carbons (Fsp3) is 0.467. The number of nitrogen functional groups attached to an aromatic ring is 1. The molecule has 8 heteroatoms. The van der Waals surface area contributed by atoms with Gasteiger partial charge >= 0.3 is 0 Å². The predicted molar refractivity (Wildman–Crippen MR) is 84.7 cm³/mol. The molecule has 1 unspecified atom stereocenters.